The molecule has 1 unspecified atom stereocenters. The molecule has 0 heterocycles. The van der Waals surface area contributed by atoms with Gasteiger partial charge in [-0.25, -0.2) is 0 Å². The molecule has 0 fully saturated rings. The molecular formula is C9H21BO3. The Kier molecular flexibility index (Phi) is 4.96. The van der Waals surface area contributed by atoms with E-state index < -0.39 is 7.32 Å². The SMILES string of the molecule is CC(C)OB(O)OC(C)C(C)(C)C. The summed E-state index contributed by atoms with van der Waals surface area (Å²) in [6.07, 6.45) is -0.0663. The van der Waals surface area contributed by atoms with Crippen LogP contribution in [0.2, 0.25) is 0 Å². The van der Waals surface area contributed by atoms with E-state index in [-0.39, 0.29) is 17.6 Å². The third-order valence-electron chi connectivity index (χ3n) is 1.93. The zero-order valence-electron chi connectivity index (χ0n) is 9.50. The molecule has 0 aromatic carbocycles. The lowest BCUT2D eigenvalue weighted by Gasteiger charge is -2.28. The van der Waals surface area contributed by atoms with E-state index in [0.29, 0.717) is 0 Å². The highest BCUT2D eigenvalue weighted by Gasteiger charge is 2.27. The van der Waals surface area contributed by atoms with Gasteiger partial charge in [-0.2, -0.15) is 0 Å². The van der Waals surface area contributed by atoms with Gasteiger partial charge in [0.1, 0.15) is 0 Å². The van der Waals surface area contributed by atoms with Crippen molar-refractivity contribution < 1.29 is 14.3 Å². The van der Waals surface area contributed by atoms with Crippen LogP contribution in [0.3, 0.4) is 0 Å². The lowest BCUT2D eigenvalue weighted by molar-refractivity contribution is 0.0244. The zero-order chi connectivity index (χ0) is 10.6. The topological polar surface area (TPSA) is 38.7 Å². The second kappa shape index (κ2) is 4.98. The van der Waals surface area contributed by atoms with Gasteiger partial charge in [-0.15, -0.1) is 0 Å². The van der Waals surface area contributed by atoms with Crippen molar-refractivity contribution in [2.24, 2.45) is 5.41 Å². The van der Waals surface area contributed by atoms with Crippen molar-refractivity contribution in [3.63, 3.8) is 0 Å². The Balaban J connectivity index is 3.85. The number of rotatable bonds is 4. The first-order chi connectivity index (χ1) is 5.73. The number of hydrogen-bond donors (Lipinski definition) is 1. The molecule has 0 radical (unpaired) electrons. The van der Waals surface area contributed by atoms with E-state index in [1.54, 1.807) is 0 Å². The van der Waals surface area contributed by atoms with Crippen LogP contribution in [-0.4, -0.2) is 24.6 Å². The molecule has 0 aliphatic rings. The average molecular weight is 188 g/mol. The zero-order valence-corrected chi connectivity index (χ0v) is 9.50. The van der Waals surface area contributed by atoms with Crippen molar-refractivity contribution in [3.8, 4) is 0 Å². The lowest BCUT2D eigenvalue weighted by Crippen LogP contribution is -2.36. The van der Waals surface area contributed by atoms with Gasteiger partial charge in [0.05, 0.1) is 0 Å². The normalized spacial score (nSPS) is 14.8. The summed E-state index contributed by atoms with van der Waals surface area (Å²) in [5.74, 6) is 0. The van der Waals surface area contributed by atoms with Crippen molar-refractivity contribution in [2.45, 2.75) is 53.8 Å². The second-order valence-electron chi connectivity index (χ2n) is 4.64. The molecular weight excluding hydrogens is 167 g/mol. The summed E-state index contributed by atoms with van der Waals surface area (Å²) in [6, 6.07) is 0. The van der Waals surface area contributed by atoms with Crippen LogP contribution >= 0.6 is 0 Å². The third-order valence-corrected chi connectivity index (χ3v) is 1.93. The Bertz CT molecular complexity index is 142. The smallest absolute Gasteiger partial charge is 0.402 e. The van der Waals surface area contributed by atoms with Crippen LogP contribution in [0.1, 0.15) is 41.5 Å². The van der Waals surface area contributed by atoms with Crippen LogP contribution < -0.4 is 0 Å². The quantitative estimate of drug-likeness (QED) is 0.684. The Hall–Kier alpha value is -0.0551. The summed E-state index contributed by atoms with van der Waals surface area (Å²) >= 11 is 0. The van der Waals surface area contributed by atoms with E-state index in [4.69, 9.17) is 9.31 Å². The fourth-order valence-corrected chi connectivity index (χ4v) is 0.644. The van der Waals surface area contributed by atoms with Crippen molar-refractivity contribution in [3.05, 3.63) is 0 Å². The molecule has 0 aliphatic heterocycles. The van der Waals surface area contributed by atoms with Crippen LogP contribution in [0.4, 0.5) is 0 Å². The van der Waals surface area contributed by atoms with Gasteiger partial charge in [-0.05, 0) is 26.2 Å². The molecule has 13 heavy (non-hydrogen) atoms. The first kappa shape index (κ1) is 12.9. The molecule has 0 bridgehead atoms. The maximum absolute atomic E-state index is 9.31. The van der Waals surface area contributed by atoms with E-state index in [1.165, 1.54) is 0 Å². The molecule has 78 valence electrons. The highest BCUT2D eigenvalue weighted by Crippen LogP contribution is 2.22. The van der Waals surface area contributed by atoms with Gasteiger partial charge < -0.3 is 14.3 Å². The highest BCUT2D eigenvalue weighted by atomic mass is 16.7. The minimum Gasteiger partial charge on any atom is -0.402 e. The van der Waals surface area contributed by atoms with Crippen LogP contribution in [0, 0.1) is 5.41 Å². The molecule has 0 aromatic rings. The fourth-order valence-electron chi connectivity index (χ4n) is 0.644. The van der Waals surface area contributed by atoms with Crippen molar-refractivity contribution >= 4 is 7.32 Å². The number of hydrogen-bond acceptors (Lipinski definition) is 3. The molecule has 0 aliphatic carbocycles. The summed E-state index contributed by atoms with van der Waals surface area (Å²) in [6.45, 7) is 11.8. The van der Waals surface area contributed by atoms with Gasteiger partial charge in [0, 0.05) is 12.2 Å². The molecule has 0 saturated heterocycles. The molecule has 0 aromatic heterocycles. The van der Waals surface area contributed by atoms with Crippen LogP contribution in [0.5, 0.6) is 0 Å². The van der Waals surface area contributed by atoms with E-state index >= 15 is 0 Å². The lowest BCUT2D eigenvalue weighted by atomic mass is 9.89. The Morgan fingerprint density at radius 1 is 1.08 bits per heavy atom. The first-order valence-corrected chi connectivity index (χ1v) is 4.72. The Morgan fingerprint density at radius 2 is 1.54 bits per heavy atom. The summed E-state index contributed by atoms with van der Waals surface area (Å²) in [5.41, 5.74) is 0.0152. The molecule has 0 rings (SSSR count). The van der Waals surface area contributed by atoms with Gasteiger partial charge in [0.2, 0.25) is 0 Å². The fraction of sp³-hybridized carbons (Fsp3) is 1.00. The first-order valence-electron chi connectivity index (χ1n) is 4.72. The monoisotopic (exact) mass is 188 g/mol. The maximum Gasteiger partial charge on any atom is 0.637 e. The van der Waals surface area contributed by atoms with Gasteiger partial charge >= 0.3 is 7.32 Å². The molecule has 3 nitrogen and oxygen atoms in total. The van der Waals surface area contributed by atoms with Crippen molar-refractivity contribution in [1.29, 1.82) is 0 Å². The van der Waals surface area contributed by atoms with Crippen LogP contribution in [0.25, 0.3) is 0 Å². The summed E-state index contributed by atoms with van der Waals surface area (Å²) in [4.78, 5) is 0. The highest BCUT2D eigenvalue weighted by molar-refractivity contribution is 6.34. The summed E-state index contributed by atoms with van der Waals surface area (Å²) in [7, 11) is -1.12. The third kappa shape index (κ3) is 6.08. The second-order valence-corrected chi connectivity index (χ2v) is 4.64. The van der Waals surface area contributed by atoms with E-state index in [1.807, 2.05) is 20.8 Å². The van der Waals surface area contributed by atoms with Gasteiger partial charge in [-0.3, -0.25) is 0 Å². The Morgan fingerprint density at radius 3 is 1.85 bits per heavy atom. The van der Waals surface area contributed by atoms with E-state index in [0.717, 1.165) is 0 Å². The predicted molar refractivity (Wildman–Crippen MR) is 54.2 cm³/mol. The summed E-state index contributed by atoms with van der Waals surface area (Å²) in [5, 5.41) is 9.31. The minimum atomic E-state index is -1.12. The Labute approximate surface area is 81.6 Å². The molecule has 0 spiro atoms. The molecule has 1 N–H and O–H groups in total. The van der Waals surface area contributed by atoms with Crippen molar-refractivity contribution in [2.75, 3.05) is 0 Å². The predicted octanol–water partition coefficient (Wildman–Crippen LogP) is 1.84. The maximum atomic E-state index is 9.31. The van der Waals surface area contributed by atoms with Gasteiger partial charge in [0.25, 0.3) is 0 Å². The molecule has 0 amide bonds. The average Bonchev–Trinajstić information content (AvgIpc) is 1.82. The largest absolute Gasteiger partial charge is 0.637 e. The van der Waals surface area contributed by atoms with E-state index in [2.05, 4.69) is 20.8 Å². The van der Waals surface area contributed by atoms with E-state index in [9.17, 15) is 5.02 Å². The van der Waals surface area contributed by atoms with Crippen LogP contribution in [-0.2, 0) is 9.31 Å². The minimum absolute atomic E-state index is 0.0152. The van der Waals surface area contributed by atoms with Gasteiger partial charge in [-0.1, -0.05) is 20.8 Å². The van der Waals surface area contributed by atoms with Gasteiger partial charge in [0.15, 0.2) is 0 Å². The van der Waals surface area contributed by atoms with Crippen LogP contribution in [0.15, 0.2) is 0 Å². The molecule has 1 atom stereocenters. The standard InChI is InChI=1S/C9H21BO3/c1-7(2)12-10(11)13-8(3)9(4,5)6/h7-8,11H,1-6H3. The summed E-state index contributed by atoms with van der Waals surface area (Å²) < 4.78 is 10.3. The molecule has 0 saturated carbocycles. The molecule has 4 heteroatoms. The van der Waals surface area contributed by atoms with Crippen molar-refractivity contribution in [1.82, 2.24) is 0 Å².